The second-order valence-electron chi connectivity index (χ2n) is 4.41. The van der Waals surface area contributed by atoms with Crippen molar-refractivity contribution in [2.45, 2.75) is 0 Å². The number of aromatic amines is 1. The minimum atomic E-state index is 0.373. The number of benzene rings is 2. The standard InChI is InChI=1S/C15H10Cl2N4S/c16-12-7-3-1-5-10(12)9-18-21-14(19-20-15(21)22)11-6-2-4-8-13(11)17/h1-9H,(H,20,22)/b18-9+. The molecule has 3 rings (SSSR count). The van der Waals surface area contributed by atoms with Crippen LogP contribution in [0.5, 0.6) is 0 Å². The van der Waals surface area contributed by atoms with Crippen LogP contribution >= 0.6 is 35.4 Å². The van der Waals surface area contributed by atoms with Crippen LogP contribution in [0.25, 0.3) is 11.4 Å². The van der Waals surface area contributed by atoms with Crippen molar-refractivity contribution < 1.29 is 0 Å². The summed E-state index contributed by atoms with van der Waals surface area (Å²) in [6.45, 7) is 0. The van der Waals surface area contributed by atoms with Gasteiger partial charge in [0.1, 0.15) is 0 Å². The van der Waals surface area contributed by atoms with E-state index in [1.165, 1.54) is 4.68 Å². The summed E-state index contributed by atoms with van der Waals surface area (Å²) in [6, 6.07) is 14.8. The molecule has 0 radical (unpaired) electrons. The van der Waals surface area contributed by atoms with Gasteiger partial charge in [-0.25, -0.2) is 5.10 Å². The van der Waals surface area contributed by atoms with Crippen molar-refractivity contribution in [1.29, 1.82) is 0 Å². The fourth-order valence-electron chi connectivity index (χ4n) is 1.92. The summed E-state index contributed by atoms with van der Waals surface area (Å²) in [6.07, 6.45) is 1.63. The zero-order valence-corrected chi connectivity index (χ0v) is 13.5. The summed E-state index contributed by atoms with van der Waals surface area (Å²) in [5.74, 6) is 0.541. The van der Waals surface area contributed by atoms with Crippen LogP contribution in [0.15, 0.2) is 53.6 Å². The first-order valence-corrected chi connectivity index (χ1v) is 7.54. The summed E-state index contributed by atoms with van der Waals surface area (Å²) >= 11 is 17.5. The van der Waals surface area contributed by atoms with Gasteiger partial charge in [0.05, 0.1) is 11.2 Å². The maximum Gasteiger partial charge on any atom is 0.216 e. The van der Waals surface area contributed by atoms with Gasteiger partial charge < -0.3 is 0 Å². The Labute approximate surface area is 142 Å². The Kier molecular flexibility index (Phi) is 4.38. The van der Waals surface area contributed by atoms with E-state index in [9.17, 15) is 0 Å². The molecule has 4 nitrogen and oxygen atoms in total. The van der Waals surface area contributed by atoms with E-state index in [0.717, 1.165) is 11.1 Å². The number of nitrogens with zero attached hydrogens (tertiary/aromatic N) is 3. The number of aromatic nitrogens is 3. The lowest BCUT2D eigenvalue weighted by Crippen LogP contribution is -1.95. The van der Waals surface area contributed by atoms with Crippen molar-refractivity contribution in [3.05, 3.63) is 68.9 Å². The van der Waals surface area contributed by atoms with E-state index < -0.39 is 0 Å². The molecule has 3 aromatic rings. The first-order chi connectivity index (χ1) is 10.7. The highest BCUT2D eigenvalue weighted by molar-refractivity contribution is 7.71. The highest BCUT2D eigenvalue weighted by atomic mass is 35.5. The molecule has 1 N–H and O–H groups in total. The summed E-state index contributed by atoms with van der Waals surface area (Å²) in [7, 11) is 0. The molecule has 0 aliphatic rings. The van der Waals surface area contributed by atoms with Gasteiger partial charge in [0.25, 0.3) is 0 Å². The normalized spacial score (nSPS) is 11.2. The van der Waals surface area contributed by atoms with Crippen molar-refractivity contribution in [2.24, 2.45) is 5.10 Å². The van der Waals surface area contributed by atoms with Gasteiger partial charge in [-0.1, -0.05) is 53.5 Å². The Morgan fingerprint density at radius 1 is 1.05 bits per heavy atom. The van der Waals surface area contributed by atoms with Crippen LogP contribution in [-0.4, -0.2) is 21.1 Å². The second kappa shape index (κ2) is 6.44. The van der Waals surface area contributed by atoms with Crippen molar-refractivity contribution >= 4 is 41.6 Å². The van der Waals surface area contributed by atoms with Crippen LogP contribution in [-0.2, 0) is 0 Å². The largest absolute Gasteiger partial charge is 0.250 e. The highest BCUT2D eigenvalue weighted by Gasteiger charge is 2.11. The molecule has 1 aromatic heterocycles. The molecule has 0 fully saturated rings. The molecule has 1 heterocycles. The summed E-state index contributed by atoms with van der Waals surface area (Å²) in [5.41, 5.74) is 1.53. The molecule has 0 bridgehead atoms. The van der Waals surface area contributed by atoms with E-state index in [4.69, 9.17) is 35.4 Å². The fraction of sp³-hybridized carbons (Fsp3) is 0. The first kappa shape index (κ1) is 15.0. The minimum Gasteiger partial charge on any atom is -0.250 e. The molecule has 0 aliphatic carbocycles. The Morgan fingerprint density at radius 3 is 2.45 bits per heavy atom. The predicted octanol–water partition coefficient (Wildman–Crippen LogP) is 4.80. The molecule has 0 aliphatic heterocycles. The monoisotopic (exact) mass is 348 g/mol. The van der Waals surface area contributed by atoms with Crippen LogP contribution in [0.4, 0.5) is 0 Å². The number of halogens is 2. The van der Waals surface area contributed by atoms with Gasteiger partial charge in [-0.3, -0.25) is 0 Å². The highest BCUT2D eigenvalue weighted by Crippen LogP contribution is 2.26. The molecule has 0 amide bonds. The molecule has 0 unspecified atom stereocenters. The van der Waals surface area contributed by atoms with Crippen LogP contribution in [0.1, 0.15) is 5.56 Å². The van der Waals surface area contributed by atoms with Gasteiger partial charge in [0, 0.05) is 16.1 Å². The van der Waals surface area contributed by atoms with Gasteiger partial charge in [-0.2, -0.15) is 14.9 Å². The van der Waals surface area contributed by atoms with E-state index >= 15 is 0 Å². The molecule has 0 saturated carbocycles. The maximum absolute atomic E-state index is 6.21. The lowest BCUT2D eigenvalue weighted by Gasteiger charge is -2.03. The van der Waals surface area contributed by atoms with E-state index in [1.807, 2.05) is 36.4 Å². The number of rotatable bonds is 3. The van der Waals surface area contributed by atoms with Gasteiger partial charge in [0.15, 0.2) is 5.82 Å². The molecule has 0 spiro atoms. The number of H-pyrrole nitrogens is 1. The van der Waals surface area contributed by atoms with Crippen molar-refractivity contribution in [2.75, 3.05) is 0 Å². The Balaban J connectivity index is 2.06. The average molecular weight is 349 g/mol. The fourth-order valence-corrected chi connectivity index (χ4v) is 2.50. The molecule has 2 aromatic carbocycles. The van der Waals surface area contributed by atoms with Crippen molar-refractivity contribution in [3.8, 4) is 11.4 Å². The van der Waals surface area contributed by atoms with Crippen LogP contribution < -0.4 is 0 Å². The van der Waals surface area contributed by atoms with Crippen molar-refractivity contribution in [1.82, 2.24) is 14.9 Å². The lowest BCUT2D eigenvalue weighted by molar-refractivity contribution is 0.871. The second-order valence-corrected chi connectivity index (χ2v) is 5.61. The topological polar surface area (TPSA) is 46.0 Å². The summed E-state index contributed by atoms with van der Waals surface area (Å²) < 4.78 is 1.89. The van der Waals surface area contributed by atoms with Crippen LogP contribution in [0.2, 0.25) is 10.0 Å². The molecule has 0 saturated heterocycles. The molecular weight excluding hydrogens is 339 g/mol. The average Bonchev–Trinajstić information content (AvgIpc) is 2.88. The van der Waals surface area contributed by atoms with Gasteiger partial charge >= 0.3 is 0 Å². The van der Waals surface area contributed by atoms with Gasteiger partial charge in [-0.15, -0.1) is 0 Å². The molecule has 0 atom stereocenters. The zero-order valence-electron chi connectivity index (χ0n) is 11.2. The third-order valence-electron chi connectivity index (χ3n) is 2.98. The number of nitrogens with one attached hydrogen (secondary N) is 1. The quantitative estimate of drug-likeness (QED) is 0.545. The number of hydrogen-bond donors (Lipinski definition) is 1. The Hall–Kier alpha value is -1.95. The minimum absolute atomic E-state index is 0.373. The molecule has 7 heteroatoms. The Morgan fingerprint density at radius 2 is 1.73 bits per heavy atom. The zero-order chi connectivity index (χ0) is 15.5. The van der Waals surface area contributed by atoms with Gasteiger partial charge in [0.2, 0.25) is 4.77 Å². The molecular formula is C15H10Cl2N4S. The van der Waals surface area contributed by atoms with E-state index in [2.05, 4.69) is 15.3 Å². The van der Waals surface area contributed by atoms with Gasteiger partial charge in [-0.05, 0) is 30.4 Å². The molecule has 22 heavy (non-hydrogen) atoms. The third kappa shape index (κ3) is 2.97. The van der Waals surface area contributed by atoms with E-state index in [1.54, 1.807) is 18.3 Å². The SMILES string of the molecule is S=c1[nH]nc(-c2ccccc2Cl)n1/N=C/c1ccccc1Cl. The summed E-state index contributed by atoms with van der Waals surface area (Å²) in [4.78, 5) is 0. The first-order valence-electron chi connectivity index (χ1n) is 6.38. The summed E-state index contributed by atoms with van der Waals surface area (Å²) in [5, 5.41) is 12.5. The maximum atomic E-state index is 6.21. The van der Waals surface area contributed by atoms with Crippen LogP contribution in [0.3, 0.4) is 0 Å². The molecule has 110 valence electrons. The van der Waals surface area contributed by atoms with Crippen LogP contribution in [0, 0.1) is 4.77 Å². The number of hydrogen-bond acceptors (Lipinski definition) is 3. The smallest absolute Gasteiger partial charge is 0.216 e. The Bertz CT molecular complexity index is 898. The lowest BCUT2D eigenvalue weighted by atomic mass is 10.2. The van der Waals surface area contributed by atoms with E-state index in [0.29, 0.717) is 20.6 Å². The van der Waals surface area contributed by atoms with E-state index in [-0.39, 0.29) is 0 Å². The van der Waals surface area contributed by atoms with Crippen molar-refractivity contribution in [3.63, 3.8) is 0 Å². The third-order valence-corrected chi connectivity index (χ3v) is 3.92. The predicted molar refractivity (Wildman–Crippen MR) is 92.3 cm³/mol.